The lowest BCUT2D eigenvalue weighted by molar-refractivity contribution is -0.121. The Morgan fingerprint density at radius 1 is 0.875 bits per heavy atom. The molecular formula is C22H20O2+2. The third kappa shape index (κ3) is 5.65. The quantitative estimate of drug-likeness (QED) is 0.422. The molecule has 0 unspecified atom stereocenters. The standard InChI is InChI=1S/C22H20O2/c1-3-18-8-10-20(11-9-18)13-15-22(24)16-21(23)14-12-19-6-4-17(2)5-7-19/h3-15H,2,16H2,1H3/q+2/b14-12+,15-13+. The lowest BCUT2D eigenvalue weighted by Crippen LogP contribution is -2.01. The van der Waals surface area contributed by atoms with Crippen molar-refractivity contribution in [3.63, 3.8) is 0 Å². The van der Waals surface area contributed by atoms with E-state index in [2.05, 4.69) is 6.92 Å². The first-order valence-corrected chi connectivity index (χ1v) is 7.80. The molecule has 2 aromatic rings. The van der Waals surface area contributed by atoms with Gasteiger partial charge in [-0.2, -0.15) is 0 Å². The molecule has 0 saturated heterocycles. The van der Waals surface area contributed by atoms with Crippen LogP contribution in [0.3, 0.4) is 0 Å². The first-order valence-electron chi connectivity index (χ1n) is 7.80. The summed E-state index contributed by atoms with van der Waals surface area (Å²) in [5.74, 6) is -0.414. The van der Waals surface area contributed by atoms with Crippen LogP contribution < -0.4 is 0 Å². The highest BCUT2D eigenvalue weighted by molar-refractivity contribution is 6.10. The van der Waals surface area contributed by atoms with E-state index in [4.69, 9.17) is 0 Å². The van der Waals surface area contributed by atoms with Gasteiger partial charge in [0, 0.05) is 79.9 Å². The van der Waals surface area contributed by atoms with E-state index in [0.29, 0.717) is 0 Å². The third-order valence-corrected chi connectivity index (χ3v) is 3.52. The van der Waals surface area contributed by atoms with Crippen molar-refractivity contribution in [2.24, 2.45) is 0 Å². The van der Waals surface area contributed by atoms with Crippen molar-refractivity contribution in [1.29, 1.82) is 0 Å². The zero-order valence-corrected chi connectivity index (χ0v) is 13.7. The molecule has 0 saturated carbocycles. The first kappa shape index (κ1) is 17.4. The maximum absolute atomic E-state index is 11.8. The fourth-order valence-electron chi connectivity index (χ4n) is 2.10. The van der Waals surface area contributed by atoms with Gasteiger partial charge in [-0.1, -0.05) is 0 Å². The van der Waals surface area contributed by atoms with Crippen molar-refractivity contribution < 1.29 is 9.59 Å². The van der Waals surface area contributed by atoms with E-state index in [0.717, 1.165) is 22.3 Å². The normalized spacial score (nSPS) is 11.0. The molecule has 0 radical (unpaired) electrons. The summed E-state index contributed by atoms with van der Waals surface area (Å²) in [5.41, 5.74) is 3.89. The second-order valence-corrected chi connectivity index (χ2v) is 5.47. The maximum Gasteiger partial charge on any atom is 0.163 e. The molecule has 0 heterocycles. The van der Waals surface area contributed by atoms with Gasteiger partial charge in [-0.25, -0.2) is 0 Å². The second kappa shape index (κ2) is 8.59. The molecule has 0 aliphatic rings. The molecule has 0 N–H and O–H groups in total. The summed E-state index contributed by atoms with van der Waals surface area (Å²) in [6.07, 6.45) is 8.21. The summed E-state index contributed by atoms with van der Waals surface area (Å²) in [5, 5.41) is 0. The number of allylic oxidation sites excluding steroid dienone is 2. The van der Waals surface area contributed by atoms with Gasteiger partial charge in [-0.3, -0.25) is 9.59 Å². The highest BCUT2D eigenvalue weighted by Crippen LogP contribution is 2.08. The fraction of sp³-hybridized carbons (Fsp3) is 0.0909. The maximum atomic E-state index is 11.8. The van der Waals surface area contributed by atoms with E-state index in [1.165, 1.54) is 12.2 Å². The molecule has 24 heavy (non-hydrogen) atoms. The first-order chi connectivity index (χ1) is 11.6. The number of ketones is 2. The van der Waals surface area contributed by atoms with E-state index in [1.54, 1.807) is 12.2 Å². The Kier molecular flexibility index (Phi) is 6.21. The highest BCUT2D eigenvalue weighted by atomic mass is 16.1. The van der Waals surface area contributed by atoms with Crippen molar-refractivity contribution in [1.82, 2.24) is 0 Å². The average molecular weight is 316 g/mol. The third-order valence-electron chi connectivity index (χ3n) is 3.52. The minimum absolute atomic E-state index is 0.124. The van der Waals surface area contributed by atoms with Crippen LogP contribution in [0.1, 0.15) is 35.6 Å². The summed E-state index contributed by atoms with van der Waals surface area (Å²) in [6.45, 7) is 5.78. The molecule has 2 rings (SSSR count). The van der Waals surface area contributed by atoms with Gasteiger partial charge in [0.2, 0.25) is 0 Å². The van der Waals surface area contributed by atoms with Crippen LogP contribution in [0.15, 0.2) is 60.7 Å². The van der Waals surface area contributed by atoms with Crippen LogP contribution in [0, 0.1) is 13.3 Å². The van der Waals surface area contributed by atoms with E-state index in [1.807, 2.05) is 61.9 Å². The van der Waals surface area contributed by atoms with Crippen LogP contribution in [-0.2, 0) is 9.59 Å². The van der Waals surface area contributed by atoms with Crippen molar-refractivity contribution in [3.8, 4) is 0 Å². The monoisotopic (exact) mass is 316 g/mol. The Bertz CT molecular complexity index is 748. The van der Waals surface area contributed by atoms with Crippen molar-refractivity contribution in [3.05, 3.63) is 96.3 Å². The number of carbonyl (C=O) groups is 2. The number of rotatable bonds is 7. The number of hydrogen-bond donors (Lipinski definition) is 0. The molecule has 2 nitrogen and oxygen atoms in total. The summed E-state index contributed by atoms with van der Waals surface area (Å²) < 4.78 is 0. The average Bonchev–Trinajstić information content (AvgIpc) is 2.60. The van der Waals surface area contributed by atoms with Gasteiger partial charge in [0.25, 0.3) is 0 Å². The van der Waals surface area contributed by atoms with E-state index in [-0.39, 0.29) is 18.0 Å². The van der Waals surface area contributed by atoms with Crippen LogP contribution in [0.2, 0.25) is 0 Å². The molecule has 0 aromatic heterocycles. The predicted molar refractivity (Wildman–Crippen MR) is 99.1 cm³/mol. The molecule has 0 aliphatic heterocycles. The highest BCUT2D eigenvalue weighted by Gasteiger charge is 2.04. The van der Waals surface area contributed by atoms with Gasteiger partial charge in [0.1, 0.15) is 11.1 Å². The van der Waals surface area contributed by atoms with E-state index in [9.17, 15) is 9.59 Å². The molecule has 0 amide bonds. The molecule has 0 bridgehead atoms. The van der Waals surface area contributed by atoms with Crippen molar-refractivity contribution in [2.75, 3.05) is 0 Å². The summed E-state index contributed by atoms with van der Waals surface area (Å²) in [7, 11) is 0. The zero-order chi connectivity index (χ0) is 17.4. The molecular weight excluding hydrogens is 296 g/mol. The molecule has 0 atom stereocenters. The topological polar surface area (TPSA) is 34.1 Å². The lowest BCUT2D eigenvalue weighted by Gasteiger charge is -1.93. The minimum atomic E-state index is -0.209. The van der Waals surface area contributed by atoms with Crippen LogP contribution >= 0.6 is 0 Å². The Hall–Kier alpha value is -3.00. The van der Waals surface area contributed by atoms with Gasteiger partial charge in [-0.05, 0) is 24.3 Å². The van der Waals surface area contributed by atoms with Crippen LogP contribution in [-0.4, -0.2) is 11.6 Å². The Balaban J connectivity index is 1.87. The fourth-order valence-corrected chi connectivity index (χ4v) is 2.10. The smallest absolute Gasteiger partial charge is 0.163 e. The molecule has 0 spiro atoms. The number of benzene rings is 2. The molecule has 0 aliphatic carbocycles. The number of hydrogen-bond acceptors (Lipinski definition) is 2. The number of carbonyl (C=O) groups excluding carboxylic acids is 2. The van der Waals surface area contributed by atoms with Crippen LogP contribution in [0.5, 0.6) is 0 Å². The van der Waals surface area contributed by atoms with Crippen molar-refractivity contribution >= 4 is 23.7 Å². The zero-order valence-electron chi connectivity index (χ0n) is 13.7. The van der Waals surface area contributed by atoms with E-state index < -0.39 is 0 Å². The Morgan fingerprint density at radius 2 is 1.33 bits per heavy atom. The Labute approximate surface area is 143 Å². The van der Waals surface area contributed by atoms with E-state index >= 15 is 0 Å². The summed E-state index contributed by atoms with van der Waals surface area (Å²) in [6, 6.07) is 15.3. The van der Waals surface area contributed by atoms with Crippen LogP contribution in [0.25, 0.3) is 12.2 Å². The second-order valence-electron chi connectivity index (χ2n) is 5.47. The van der Waals surface area contributed by atoms with Gasteiger partial charge in [0.05, 0.1) is 6.42 Å². The minimum Gasteiger partial charge on any atom is -0.294 e. The van der Waals surface area contributed by atoms with Crippen molar-refractivity contribution in [2.45, 2.75) is 13.3 Å². The summed E-state index contributed by atoms with van der Waals surface area (Å²) in [4.78, 5) is 23.7. The van der Waals surface area contributed by atoms with Gasteiger partial charge < -0.3 is 0 Å². The molecule has 2 heteroatoms. The predicted octanol–water partition coefficient (Wildman–Crippen LogP) is 4.70. The lowest BCUT2D eigenvalue weighted by atomic mass is 10.1. The largest absolute Gasteiger partial charge is 0.294 e. The molecule has 118 valence electrons. The molecule has 0 fully saturated rings. The summed E-state index contributed by atoms with van der Waals surface area (Å²) >= 11 is 0. The molecule has 2 aromatic carbocycles. The Morgan fingerprint density at radius 3 is 1.79 bits per heavy atom. The van der Waals surface area contributed by atoms with Gasteiger partial charge in [0.15, 0.2) is 11.6 Å². The SMILES string of the molecule is [CH2+]c1ccc(/C=C/C(=O)CC(=O)/C=C/c2ccc([CH+]C)cc2)cc1. The van der Waals surface area contributed by atoms with Gasteiger partial charge in [-0.15, -0.1) is 0 Å². The van der Waals surface area contributed by atoms with Gasteiger partial charge >= 0.3 is 0 Å². The van der Waals surface area contributed by atoms with Crippen LogP contribution in [0.4, 0.5) is 0 Å².